The maximum absolute atomic E-state index is 11.0. The molecule has 0 bridgehead atoms. The zero-order chi connectivity index (χ0) is 16.2. The lowest BCUT2D eigenvalue weighted by molar-refractivity contribution is -0.114. The number of hydrogen-bond donors (Lipinski definition) is 1. The van der Waals surface area contributed by atoms with Crippen LogP contribution in [0.2, 0.25) is 0 Å². The van der Waals surface area contributed by atoms with E-state index in [1.54, 1.807) is 18.0 Å². The minimum atomic E-state index is -0.118. The minimum absolute atomic E-state index is 0.118. The molecular weight excluding hydrogens is 334 g/mol. The number of thioether (sulfide) groups is 1. The number of nitrogens with zero attached hydrogens (tertiary/aromatic N) is 4. The Morgan fingerprint density at radius 1 is 1.48 bits per heavy atom. The molecule has 0 fully saturated rings. The third-order valence-electron chi connectivity index (χ3n) is 2.96. The zero-order valence-corrected chi connectivity index (χ0v) is 14.3. The summed E-state index contributed by atoms with van der Waals surface area (Å²) in [5, 5.41) is 14.5. The molecule has 9 heteroatoms. The highest BCUT2D eigenvalue weighted by atomic mass is 32.2. The Morgan fingerprint density at radius 3 is 3.04 bits per heavy atom. The van der Waals surface area contributed by atoms with Crippen LogP contribution in [0.25, 0.3) is 11.6 Å². The van der Waals surface area contributed by atoms with Crippen LogP contribution in [0.5, 0.6) is 0 Å². The Morgan fingerprint density at radius 2 is 2.35 bits per heavy atom. The molecule has 120 valence electrons. The van der Waals surface area contributed by atoms with Gasteiger partial charge in [-0.15, -0.1) is 21.5 Å². The summed E-state index contributed by atoms with van der Waals surface area (Å²) in [5.74, 6) is 1.96. The molecule has 0 aromatic carbocycles. The Labute approximate surface area is 141 Å². The first-order valence-corrected chi connectivity index (χ1v) is 8.85. The summed E-state index contributed by atoms with van der Waals surface area (Å²) in [5.41, 5.74) is 0.897. The summed E-state index contributed by atoms with van der Waals surface area (Å²) in [7, 11) is 0. The lowest BCUT2D eigenvalue weighted by Crippen LogP contribution is -2.05. The summed E-state index contributed by atoms with van der Waals surface area (Å²) >= 11 is 2.97. The maximum Gasteiger partial charge on any atom is 0.223 e. The van der Waals surface area contributed by atoms with E-state index in [9.17, 15) is 4.79 Å². The van der Waals surface area contributed by atoms with Crippen molar-refractivity contribution < 1.29 is 9.21 Å². The molecule has 0 atom stereocenters. The fraction of sp³-hybridized carbons (Fsp3) is 0.286. The van der Waals surface area contributed by atoms with E-state index in [1.807, 2.05) is 29.0 Å². The second-order valence-electron chi connectivity index (χ2n) is 4.64. The lowest BCUT2D eigenvalue weighted by Gasteiger charge is -2.04. The molecule has 0 saturated carbocycles. The van der Waals surface area contributed by atoms with Gasteiger partial charge in [-0.3, -0.25) is 9.36 Å². The number of rotatable bonds is 6. The van der Waals surface area contributed by atoms with Crippen LogP contribution in [-0.4, -0.2) is 25.7 Å². The molecule has 0 spiro atoms. The highest BCUT2D eigenvalue weighted by Gasteiger charge is 2.15. The van der Waals surface area contributed by atoms with E-state index in [4.69, 9.17) is 4.42 Å². The van der Waals surface area contributed by atoms with Crippen LogP contribution in [0.1, 0.15) is 19.5 Å². The largest absolute Gasteiger partial charge is 0.461 e. The van der Waals surface area contributed by atoms with Gasteiger partial charge in [0.2, 0.25) is 5.91 Å². The van der Waals surface area contributed by atoms with Gasteiger partial charge in [0, 0.05) is 24.6 Å². The molecule has 3 rings (SSSR count). The normalized spacial score (nSPS) is 10.9. The Balaban J connectivity index is 1.71. The standard InChI is InChI=1S/C14H15N5O2S2/c1-3-19-12(11-5-4-6-21-11)17-18-14(19)23-8-10-7-22-13(16-10)15-9(2)20/h4-7H,3,8H2,1-2H3,(H,15,16,20). The van der Waals surface area contributed by atoms with Crippen molar-refractivity contribution in [3.63, 3.8) is 0 Å². The van der Waals surface area contributed by atoms with Gasteiger partial charge in [-0.25, -0.2) is 4.98 Å². The number of thiazole rings is 1. The number of amides is 1. The average molecular weight is 349 g/mol. The number of furan rings is 1. The molecule has 7 nitrogen and oxygen atoms in total. The Kier molecular flexibility index (Phi) is 4.77. The number of carbonyl (C=O) groups excluding carboxylic acids is 1. The first kappa shape index (κ1) is 15.8. The van der Waals surface area contributed by atoms with E-state index < -0.39 is 0 Å². The molecule has 0 aliphatic rings. The van der Waals surface area contributed by atoms with Crippen molar-refractivity contribution in [3.8, 4) is 11.6 Å². The quantitative estimate of drug-likeness (QED) is 0.688. The van der Waals surface area contributed by atoms with Crippen LogP contribution < -0.4 is 5.32 Å². The van der Waals surface area contributed by atoms with Gasteiger partial charge in [0.05, 0.1) is 12.0 Å². The third-order valence-corrected chi connectivity index (χ3v) is 4.77. The van der Waals surface area contributed by atoms with Gasteiger partial charge in [-0.1, -0.05) is 11.8 Å². The van der Waals surface area contributed by atoms with Crippen molar-refractivity contribution in [1.82, 2.24) is 19.7 Å². The monoisotopic (exact) mass is 349 g/mol. The van der Waals surface area contributed by atoms with Gasteiger partial charge in [-0.05, 0) is 19.1 Å². The van der Waals surface area contributed by atoms with Crippen LogP contribution in [0, 0.1) is 0 Å². The smallest absolute Gasteiger partial charge is 0.223 e. The van der Waals surface area contributed by atoms with Crippen LogP contribution in [0.15, 0.2) is 33.3 Å². The number of aromatic nitrogens is 4. The molecule has 0 radical (unpaired) electrons. The van der Waals surface area contributed by atoms with Crippen LogP contribution in [0.3, 0.4) is 0 Å². The van der Waals surface area contributed by atoms with Gasteiger partial charge in [0.1, 0.15) is 0 Å². The van der Waals surface area contributed by atoms with Gasteiger partial charge >= 0.3 is 0 Å². The van der Waals surface area contributed by atoms with E-state index in [0.29, 0.717) is 16.6 Å². The van der Waals surface area contributed by atoms with Crippen LogP contribution in [-0.2, 0) is 17.1 Å². The summed E-state index contributed by atoms with van der Waals surface area (Å²) in [6.45, 7) is 4.26. The molecule has 0 aliphatic carbocycles. The van der Waals surface area contributed by atoms with Crippen molar-refractivity contribution in [2.24, 2.45) is 0 Å². The fourth-order valence-corrected chi connectivity index (χ4v) is 3.75. The molecular formula is C14H15N5O2S2. The van der Waals surface area contributed by atoms with E-state index >= 15 is 0 Å². The molecule has 3 heterocycles. The summed E-state index contributed by atoms with van der Waals surface area (Å²) in [4.78, 5) is 15.4. The third kappa shape index (κ3) is 3.62. The Hall–Kier alpha value is -2.13. The van der Waals surface area contributed by atoms with Crippen LogP contribution >= 0.6 is 23.1 Å². The number of carbonyl (C=O) groups is 1. The molecule has 1 amide bonds. The summed E-state index contributed by atoms with van der Waals surface area (Å²) in [6.07, 6.45) is 1.62. The molecule has 1 N–H and O–H groups in total. The summed E-state index contributed by atoms with van der Waals surface area (Å²) < 4.78 is 7.40. The number of nitrogens with one attached hydrogen (secondary N) is 1. The van der Waals surface area contributed by atoms with Crippen molar-refractivity contribution in [1.29, 1.82) is 0 Å². The van der Waals surface area contributed by atoms with Gasteiger partial charge < -0.3 is 9.73 Å². The van der Waals surface area contributed by atoms with Crippen LogP contribution in [0.4, 0.5) is 5.13 Å². The van der Waals surface area contributed by atoms with Gasteiger partial charge in [-0.2, -0.15) is 0 Å². The number of anilines is 1. The second-order valence-corrected chi connectivity index (χ2v) is 6.44. The molecule has 0 saturated heterocycles. The molecule has 3 aromatic rings. The molecule has 3 aromatic heterocycles. The predicted octanol–water partition coefficient (Wildman–Crippen LogP) is 3.27. The van der Waals surface area contributed by atoms with E-state index in [-0.39, 0.29) is 5.91 Å². The van der Waals surface area contributed by atoms with E-state index in [2.05, 4.69) is 20.5 Å². The van der Waals surface area contributed by atoms with Gasteiger partial charge in [0.25, 0.3) is 0 Å². The SMILES string of the molecule is CCn1c(SCc2csc(NC(C)=O)n2)nnc1-c1ccco1. The van der Waals surface area contributed by atoms with Crippen molar-refractivity contribution in [3.05, 3.63) is 29.5 Å². The highest BCUT2D eigenvalue weighted by molar-refractivity contribution is 7.98. The van der Waals surface area contributed by atoms with Gasteiger partial charge in [0.15, 0.2) is 21.9 Å². The van der Waals surface area contributed by atoms with E-state index in [1.165, 1.54) is 18.3 Å². The van der Waals surface area contributed by atoms with Crippen molar-refractivity contribution in [2.45, 2.75) is 31.3 Å². The van der Waals surface area contributed by atoms with Crippen molar-refractivity contribution >= 4 is 34.1 Å². The fourth-order valence-electron chi connectivity index (χ4n) is 1.99. The average Bonchev–Trinajstić information content (AvgIpc) is 3.24. The van der Waals surface area contributed by atoms with E-state index in [0.717, 1.165) is 23.2 Å². The number of hydrogen-bond acceptors (Lipinski definition) is 7. The molecule has 0 unspecified atom stereocenters. The minimum Gasteiger partial charge on any atom is -0.461 e. The predicted molar refractivity (Wildman–Crippen MR) is 89.4 cm³/mol. The summed E-state index contributed by atoms with van der Waals surface area (Å²) in [6, 6.07) is 3.69. The zero-order valence-electron chi connectivity index (χ0n) is 12.6. The first-order chi connectivity index (χ1) is 11.2. The molecule has 23 heavy (non-hydrogen) atoms. The maximum atomic E-state index is 11.0. The second kappa shape index (κ2) is 6.97. The topological polar surface area (TPSA) is 85.8 Å². The highest BCUT2D eigenvalue weighted by Crippen LogP contribution is 2.27. The Bertz CT molecular complexity index is 794. The lowest BCUT2D eigenvalue weighted by atomic mass is 10.4. The van der Waals surface area contributed by atoms with Crippen molar-refractivity contribution in [2.75, 3.05) is 5.32 Å². The molecule has 0 aliphatic heterocycles. The first-order valence-electron chi connectivity index (χ1n) is 6.99.